The quantitative estimate of drug-likeness (QED) is 0.683. The topological polar surface area (TPSA) is 79.6 Å². The van der Waals surface area contributed by atoms with Crippen molar-refractivity contribution in [3.8, 4) is 0 Å². The van der Waals surface area contributed by atoms with Gasteiger partial charge in [-0.2, -0.15) is 0 Å². The molecule has 1 atom stereocenters. The Bertz CT molecular complexity index is 1070. The van der Waals surface area contributed by atoms with Crippen LogP contribution in [0.5, 0.6) is 0 Å². The molecule has 1 aromatic heterocycles. The standard InChI is InChI=1S/C21H22N2O4S/c1-15-12-13-20(27-15)16(2)22-21(24)17-8-7-11-19(14-17)28(25,26)23(3)18-9-5-4-6-10-18/h4-14,16H,1-3H3,(H,22,24). The predicted octanol–water partition coefficient (Wildman–Crippen LogP) is 3.90. The number of nitrogens with zero attached hydrogens (tertiary/aromatic N) is 1. The van der Waals surface area contributed by atoms with Crippen LogP contribution in [0.3, 0.4) is 0 Å². The van der Waals surface area contributed by atoms with Crippen LogP contribution in [-0.2, 0) is 10.0 Å². The Hall–Kier alpha value is -3.06. The molecule has 146 valence electrons. The lowest BCUT2D eigenvalue weighted by Gasteiger charge is -2.20. The van der Waals surface area contributed by atoms with Crippen LogP contribution in [0.25, 0.3) is 0 Å². The maximum absolute atomic E-state index is 12.9. The first kappa shape index (κ1) is 19.7. The van der Waals surface area contributed by atoms with Gasteiger partial charge in [-0.3, -0.25) is 9.10 Å². The molecule has 0 aliphatic rings. The van der Waals surface area contributed by atoms with Gasteiger partial charge in [0, 0.05) is 12.6 Å². The van der Waals surface area contributed by atoms with Crippen molar-refractivity contribution in [2.45, 2.75) is 24.8 Å². The Labute approximate surface area is 164 Å². The molecular weight excluding hydrogens is 376 g/mol. The summed E-state index contributed by atoms with van der Waals surface area (Å²) in [5, 5.41) is 2.82. The van der Waals surface area contributed by atoms with Gasteiger partial charge in [0.1, 0.15) is 11.5 Å². The number of anilines is 1. The van der Waals surface area contributed by atoms with Crippen molar-refractivity contribution in [2.24, 2.45) is 0 Å². The molecule has 3 rings (SSSR count). The van der Waals surface area contributed by atoms with Gasteiger partial charge in [0.05, 0.1) is 16.6 Å². The van der Waals surface area contributed by atoms with E-state index in [1.807, 2.05) is 19.1 Å². The lowest BCUT2D eigenvalue weighted by Crippen LogP contribution is -2.28. The average molecular weight is 398 g/mol. The highest BCUT2D eigenvalue weighted by atomic mass is 32.2. The fourth-order valence-corrected chi connectivity index (χ4v) is 4.01. The van der Waals surface area contributed by atoms with E-state index in [4.69, 9.17) is 4.42 Å². The van der Waals surface area contributed by atoms with Gasteiger partial charge in [-0.05, 0) is 56.3 Å². The SMILES string of the molecule is Cc1ccc(C(C)NC(=O)c2cccc(S(=O)(=O)N(C)c3ccccc3)c2)o1. The molecule has 0 aliphatic carbocycles. The van der Waals surface area contributed by atoms with Crippen LogP contribution in [0.15, 0.2) is 76.0 Å². The average Bonchev–Trinajstić information content (AvgIpc) is 3.14. The van der Waals surface area contributed by atoms with Crippen molar-refractivity contribution in [3.63, 3.8) is 0 Å². The third-order valence-electron chi connectivity index (χ3n) is 4.41. The van der Waals surface area contributed by atoms with Crippen LogP contribution in [-0.4, -0.2) is 21.4 Å². The molecule has 7 heteroatoms. The number of nitrogens with one attached hydrogen (secondary N) is 1. The maximum Gasteiger partial charge on any atom is 0.264 e. The summed E-state index contributed by atoms with van der Waals surface area (Å²) in [6, 6.07) is 18.0. The number of sulfonamides is 1. The van der Waals surface area contributed by atoms with E-state index in [9.17, 15) is 13.2 Å². The van der Waals surface area contributed by atoms with Gasteiger partial charge in [-0.1, -0.05) is 24.3 Å². The van der Waals surface area contributed by atoms with Crippen molar-refractivity contribution >= 4 is 21.6 Å². The van der Waals surface area contributed by atoms with Crippen molar-refractivity contribution in [1.82, 2.24) is 5.32 Å². The van der Waals surface area contributed by atoms with Gasteiger partial charge in [0.15, 0.2) is 0 Å². The van der Waals surface area contributed by atoms with Gasteiger partial charge in [-0.15, -0.1) is 0 Å². The molecule has 0 spiro atoms. The molecule has 0 fully saturated rings. The number of hydrogen-bond donors (Lipinski definition) is 1. The molecule has 2 aromatic carbocycles. The molecule has 3 aromatic rings. The predicted molar refractivity (Wildman–Crippen MR) is 108 cm³/mol. The minimum absolute atomic E-state index is 0.0491. The summed E-state index contributed by atoms with van der Waals surface area (Å²) in [7, 11) is -2.31. The van der Waals surface area contributed by atoms with Crippen LogP contribution >= 0.6 is 0 Å². The summed E-state index contributed by atoms with van der Waals surface area (Å²) < 4.78 is 32.6. The molecule has 1 amide bonds. The number of benzene rings is 2. The Morgan fingerprint density at radius 3 is 2.39 bits per heavy atom. The Kier molecular flexibility index (Phi) is 5.56. The second-order valence-corrected chi connectivity index (χ2v) is 8.45. The maximum atomic E-state index is 12.9. The van der Waals surface area contributed by atoms with Crippen LogP contribution in [0.2, 0.25) is 0 Å². The Morgan fingerprint density at radius 1 is 1.04 bits per heavy atom. The lowest BCUT2D eigenvalue weighted by molar-refractivity contribution is 0.0935. The molecule has 6 nitrogen and oxygen atoms in total. The minimum atomic E-state index is -3.79. The highest BCUT2D eigenvalue weighted by molar-refractivity contribution is 7.92. The molecule has 0 saturated heterocycles. The number of carbonyl (C=O) groups excluding carboxylic acids is 1. The van der Waals surface area contributed by atoms with Gasteiger partial charge >= 0.3 is 0 Å². The zero-order chi connectivity index (χ0) is 20.3. The molecule has 0 aliphatic heterocycles. The van der Waals surface area contributed by atoms with Crippen LogP contribution in [0.1, 0.15) is 34.8 Å². The Morgan fingerprint density at radius 2 is 1.75 bits per heavy atom. The summed E-state index contributed by atoms with van der Waals surface area (Å²) in [4.78, 5) is 12.6. The van der Waals surface area contributed by atoms with Crippen molar-refractivity contribution in [3.05, 3.63) is 83.8 Å². The van der Waals surface area contributed by atoms with E-state index >= 15 is 0 Å². The summed E-state index contributed by atoms with van der Waals surface area (Å²) in [6.07, 6.45) is 0. The van der Waals surface area contributed by atoms with E-state index in [1.54, 1.807) is 49.4 Å². The number of rotatable bonds is 6. The zero-order valence-electron chi connectivity index (χ0n) is 15.9. The van der Waals surface area contributed by atoms with E-state index in [0.29, 0.717) is 11.4 Å². The minimum Gasteiger partial charge on any atom is -0.464 e. The molecule has 0 saturated carbocycles. The van der Waals surface area contributed by atoms with E-state index in [0.717, 1.165) is 5.76 Å². The third-order valence-corrected chi connectivity index (χ3v) is 6.19. The van der Waals surface area contributed by atoms with E-state index in [2.05, 4.69) is 5.32 Å². The summed E-state index contributed by atoms with van der Waals surface area (Å²) in [5.74, 6) is 1.02. The first-order valence-electron chi connectivity index (χ1n) is 8.80. The van der Waals surface area contributed by atoms with Gasteiger partial charge < -0.3 is 9.73 Å². The van der Waals surface area contributed by atoms with E-state index < -0.39 is 10.0 Å². The van der Waals surface area contributed by atoms with Crippen molar-refractivity contribution in [1.29, 1.82) is 0 Å². The van der Waals surface area contributed by atoms with Crippen LogP contribution < -0.4 is 9.62 Å². The number of carbonyl (C=O) groups is 1. The number of para-hydroxylation sites is 1. The van der Waals surface area contributed by atoms with E-state index in [1.165, 1.54) is 23.5 Å². The molecule has 1 N–H and O–H groups in total. The fraction of sp³-hybridized carbons (Fsp3) is 0.190. The largest absolute Gasteiger partial charge is 0.464 e. The third kappa shape index (κ3) is 4.09. The summed E-state index contributed by atoms with van der Waals surface area (Å²) in [5.41, 5.74) is 0.803. The molecule has 28 heavy (non-hydrogen) atoms. The number of amides is 1. The molecule has 1 unspecified atom stereocenters. The molecule has 0 bridgehead atoms. The van der Waals surface area contributed by atoms with Gasteiger partial charge in [0.25, 0.3) is 15.9 Å². The first-order chi connectivity index (χ1) is 13.3. The molecule has 0 radical (unpaired) electrons. The second kappa shape index (κ2) is 7.90. The van der Waals surface area contributed by atoms with E-state index in [-0.39, 0.29) is 22.4 Å². The zero-order valence-corrected chi connectivity index (χ0v) is 16.7. The monoisotopic (exact) mass is 398 g/mol. The highest BCUT2D eigenvalue weighted by Gasteiger charge is 2.23. The van der Waals surface area contributed by atoms with Crippen LogP contribution in [0.4, 0.5) is 5.69 Å². The van der Waals surface area contributed by atoms with Crippen molar-refractivity contribution in [2.75, 3.05) is 11.4 Å². The molecule has 1 heterocycles. The normalized spacial score (nSPS) is 12.4. The first-order valence-corrected chi connectivity index (χ1v) is 10.2. The lowest BCUT2D eigenvalue weighted by atomic mass is 10.2. The summed E-state index contributed by atoms with van der Waals surface area (Å²) >= 11 is 0. The molecular formula is C21H22N2O4S. The van der Waals surface area contributed by atoms with Crippen LogP contribution in [0, 0.1) is 6.92 Å². The number of aryl methyl sites for hydroxylation is 1. The number of hydrogen-bond acceptors (Lipinski definition) is 4. The fourth-order valence-electron chi connectivity index (χ4n) is 2.77. The smallest absolute Gasteiger partial charge is 0.264 e. The highest BCUT2D eigenvalue weighted by Crippen LogP contribution is 2.23. The second-order valence-electron chi connectivity index (χ2n) is 6.48. The Balaban J connectivity index is 1.82. The van der Waals surface area contributed by atoms with Gasteiger partial charge in [0.2, 0.25) is 0 Å². The van der Waals surface area contributed by atoms with Gasteiger partial charge in [-0.25, -0.2) is 8.42 Å². The number of furan rings is 1. The summed E-state index contributed by atoms with van der Waals surface area (Å²) in [6.45, 7) is 3.63. The van der Waals surface area contributed by atoms with Crippen molar-refractivity contribution < 1.29 is 17.6 Å².